The van der Waals surface area contributed by atoms with Gasteiger partial charge in [-0.25, -0.2) is 9.97 Å². The fourth-order valence-electron chi connectivity index (χ4n) is 6.33. The highest BCUT2D eigenvalue weighted by Crippen LogP contribution is 2.53. The van der Waals surface area contributed by atoms with Crippen LogP contribution in [0.3, 0.4) is 0 Å². The summed E-state index contributed by atoms with van der Waals surface area (Å²) in [7, 11) is 0. The number of carbonyl (C=O) groups is 1. The van der Waals surface area contributed by atoms with Crippen molar-refractivity contribution >= 4 is 23.2 Å². The van der Waals surface area contributed by atoms with Gasteiger partial charge in [0.05, 0.1) is 46.7 Å². The number of rotatable bonds is 9. The summed E-state index contributed by atoms with van der Waals surface area (Å²) in [5.74, 6) is 0.958. The molecule has 3 aromatic rings. The van der Waals surface area contributed by atoms with Gasteiger partial charge in [-0.15, -0.1) is 0 Å². The van der Waals surface area contributed by atoms with Crippen LogP contribution in [0.4, 0.5) is 18.9 Å². The summed E-state index contributed by atoms with van der Waals surface area (Å²) in [6.45, 7) is 4.36. The second kappa shape index (κ2) is 11.8. The molecule has 2 aromatic heterocycles. The lowest BCUT2D eigenvalue weighted by molar-refractivity contribution is -0.137. The van der Waals surface area contributed by atoms with Crippen LogP contribution in [0.1, 0.15) is 43.9 Å². The van der Waals surface area contributed by atoms with E-state index in [-0.39, 0.29) is 40.7 Å². The number of nitrogens with one attached hydrogen (secondary N) is 2. The number of aromatic nitrogens is 2. The lowest BCUT2D eigenvalue weighted by Gasteiger charge is -2.59. The van der Waals surface area contributed by atoms with E-state index in [0.717, 1.165) is 24.9 Å². The molecule has 2 saturated heterocycles. The molecule has 1 amide bonds. The number of pyridine rings is 2. The summed E-state index contributed by atoms with van der Waals surface area (Å²) in [6.07, 6.45) is 0.184. The largest absolute Gasteiger partial charge is 0.488 e. The van der Waals surface area contributed by atoms with E-state index in [1.54, 1.807) is 17.2 Å². The monoisotopic (exact) mass is 615 g/mol. The van der Waals surface area contributed by atoms with Gasteiger partial charge in [0.15, 0.2) is 0 Å². The van der Waals surface area contributed by atoms with Crippen molar-refractivity contribution in [2.45, 2.75) is 57.5 Å². The number of halogens is 4. The predicted octanol–water partition coefficient (Wildman–Crippen LogP) is 5.63. The quantitative estimate of drug-likeness (QED) is 0.323. The van der Waals surface area contributed by atoms with E-state index >= 15 is 0 Å². The van der Waals surface area contributed by atoms with Gasteiger partial charge < -0.3 is 25.0 Å². The fraction of sp³-hybridized carbons (Fsp3) is 0.452. The molecule has 12 heteroatoms. The summed E-state index contributed by atoms with van der Waals surface area (Å²) in [5, 5.41) is 5.91. The zero-order chi connectivity index (χ0) is 30.2. The Morgan fingerprint density at radius 1 is 1.19 bits per heavy atom. The molecule has 1 aliphatic carbocycles. The molecule has 2 aliphatic heterocycles. The summed E-state index contributed by atoms with van der Waals surface area (Å²) in [5.41, 5.74) is 1.19. The van der Waals surface area contributed by atoms with Crippen molar-refractivity contribution in [1.82, 2.24) is 20.6 Å². The Labute approximate surface area is 252 Å². The lowest BCUT2D eigenvalue weighted by atomic mass is 9.61. The topological polar surface area (TPSA) is 88.6 Å². The molecule has 0 bridgehead atoms. The number of ether oxygens (including phenoxy) is 2. The molecule has 43 heavy (non-hydrogen) atoms. The Kier molecular flexibility index (Phi) is 8.12. The number of carbonyl (C=O) groups excluding carboxylic acids is 1. The van der Waals surface area contributed by atoms with Crippen molar-refractivity contribution < 1.29 is 27.4 Å². The molecule has 1 spiro atoms. The Bertz CT molecular complexity index is 1480. The first-order valence-electron chi connectivity index (χ1n) is 14.5. The van der Waals surface area contributed by atoms with E-state index in [1.165, 1.54) is 12.1 Å². The molecule has 0 radical (unpaired) electrons. The highest BCUT2D eigenvalue weighted by molar-refractivity contribution is 6.31. The number of anilines is 1. The average Bonchev–Trinajstić information content (AvgIpc) is 3.48. The van der Waals surface area contributed by atoms with Crippen LogP contribution in [0, 0.1) is 5.41 Å². The van der Waals surface area contributed by atoms with Gasteiger partial charge in [-0.05, 0) is 75.5 Å². The first-order chi connectivity index (χ1) is 20.7. The zero-order valence-electron chi connectivity index (χ0n) is 23.7. The molecular formula is C31H33ClF3N5O3. The van der Waals surface area contributed by atoms with Gasteiger partial charge in [0, 0.05) is 24.7 Å². The number of amides is 1. The maximum absolute atomic E-state index is 13.7. The van der Waals surface area contributed by atoms with Crippen LogP contribution in [0.25, 0.3) is 11.3 Å². The molecule has 1 unspecified atom stereocenters. The smallest absolute Gasteiger partial charge is 0.419 e. The van der Waals surface area contributed by atoms with Crippen molar-refractivity contribution in [2.24, 2.45) is 5.41 Å². The molecule has 3 fully saturated rings. The van der Waals surface area contributed by atoms with Crippen molar-refractivity contribution in [1.29, 1.82) is 0 Å². The Morgan fingerprint density at radius 3 is 2.72 bits per heavy atom. The average molecular weight is 616 g/mol. The molecule has 8 nitrogen and oxygen atoms in total. The number of benzene rings is 1. The van der Waals surface area contributed by atoms with Crippen LogP contribution in [0.15, 0.2) is 48.7 Å². The second-order valence-electron chi connectivity index (χ2n) is 11.4. The zero-order valence-corrected chi connectivity index (χ0v) is 24.5. The minimum Gasteiger partial charge on any atom is -0.488 e. The summed E-state index contributed by atoms with van der Waals surface area (Å²) < 4.78 is 53.1. The van der Waals surface area contributed by atoms with Crippen LogP contribution < -0.4 is 25.0 Å². The van der Waals surface area contributed by atoms with Crippen LogP contribution in [-0.2, 0) is 17.5 Å². The van der Waals surface area contributed by atoms with Gasteiger partial charge in [-0.2, -0.15) is 13.2 Å². The molecule has 2 N–H and O–H groups in total. The van der Waals surface area contributed by atoms with Gasteiger partial charge in [-0.3, -0.25) is 4.79 Å². The fourth-order valence-corrected chi connectivity index (χ4v) is 6.61. The Balaban J connectivity index is 1.15. The standard InChI is InChI=1S/C31H33ClF3N5O3/c1-2-42-29-20(6-4-13-37-29)22-10-11-26(24(39-22)16-38-28(41)23-8-5-12-36-23)43-19-14-30(15-19)17-40(18-30)25-9-3-7-21(32)27(25)31(33,34)35/h3-4,6-7,9-11,13,19,23,36H,2,5,8,12,14-18H2,1H3,(H,38,41). The van der Waals surface area contributed by atoms with E-state index in [0.29, 0.717) is 55.6 Å². The van der Waals surface area contributed by atoms with E-state index in [4.69, 9.17) is 26.1 Å². The highest BCUT2D eigenvalue weighted by Gasteiger charge is 2.55. The van der Waals surface area contributed by atoms with Crippen LogP contribution in [0.5, 0.6) is 11.6 Å². The normalized spacial score (nSPS) is 19.6. The molecule has 1 atom stereocenters. The van der Waals surface area contributed by atoms with Gasteiger partial charge >= 0.3 is 6.18 Å². The van der Waals surface area contributed by atoms with Crippen molar-refractivity contribution in [3.8, 4) is 22.9 Å². The third-order valence-corrected chi connectivity index (χ3v) is 8.67. The number of nitrogens with zero attached hydrogens (tertiary/aromatic N) is 3. The number of hydrogen-bond acceptors (Lipinski definition) is 7. The first-order valence-corrected chi connectivity index (χ1v) is 14.9. The molecule has 3 aliphatic rings. The minimum absolute atomic E-state index is 0.0802. The second-order valence-corrected chi connectivity index (χ2v) is 11.8. The van der Waals surface area contributed by atoms with Crippen molar-refractivity contribution in [2.75, 3.05) is 31.1 Å². The van der Waals surface area contributed by atoms with Gasteiger partial charge in [-0.1, -0.05) is 17.7 Å². The Morgan fingerprint density at radius 2 is 2.00 bits per heavy atom. The number of alkyl halides is 3. The van der Waals surface area contributed by atoms with Crippen molar-refractivity contribution in [3.63, 3.8) is 0 Å². The van der Waals surface area contributed by atoms with Gasteiger partial charge in [0.25, 0.3) is 0 Å². The van der Waals surface area contributed by atoms with E-state index in [9.17, 15) is 18.0 Å². The summed E-state index contributed by atoms with van der Waals surface area (Å²) in [4.78, 5) is 23.7. The summed E-state index contributed by atoms with van der Waals surface area (Å²) >= 11 is 5.93. The van der Waals surface area contributed by atoms with Crippen LogP contribution in [0.2, 0.25) is 5.02 Å². The molecule has 1 aromatic carbocycles. The third-order valence-electron chi connectivity index (χ3n) is 8.35. The van der Waals surface area contributed by atoms with E-state index in [2.05, 4.69) is 15.6 Å². The number of hydrogen-bond donors (Lipinski definition) is 2. The maximum Gasteiger partial charge on any atom is 0.419 e. The molecule has 228 valence electrons. The lowest BCUT2D eigenvalue weighted by Crippen LogP contribution is -2.65. The first kappa shape index (κ1) is 29.5. The van der Waals surface area contributed by atoms with Crippen LogP contribution >= 0.6 is 11.6 Å². The summed E-state index contributed by atoms with van der Waals surface area (Å²) in [6, 6.07) is 11.5. The van der Waals surface area contributed by atoms with E-state index < -0.39 is 11.7 Å². The van der Waals surface area contributed by atoms with Crippen molar-refractivity contribution in [3.05, 3.63) is 64.9 Å². The van der Waals surface area contributed by atoms with Gasteiger partial charge in [0.1, 0.15) is 17.5 Å². The highest BCUT2D eigenvalue weighted by atomic mass is 35.5. The van der Waals surface area contributed by atoms with Crippen LogP contribution in [-0.4, -0.2) is 54.3 Å². The SMILES string of the molecule is CCOc1ncccc1-c1ccc(OC2CC3(C2)CN(c2cccc(Cl)c2C(F)(F)F)C3)c(CNC(=O)C2CCCN2)n1. The maximum atomic E-state index is 13.7. The third kappa shape index (κ3) is 6.10. The predicted molar refractivity (Wildman–Crippen MR) is 156 cm³/mol. The molecule has 4 heterocycles. The molecular weight excluding hydrogens is 583 g/mol. The molecule has 6 rings (SSSR count). The Hall–Kier alpha value is -3.57. The molecule has 1 saturated carbocycles. The van der Waals surface area contributed by atoms with Gasteiger partial charge in [0.2, 0.25) is 11.8 Å². The van der Waals surface area contributed by atoms with E-state index in [1.807, 2.05) is 31.2 Å². The minimum atomic E-state index is -4.53.